The summed E-state index contributed by atoms with van der Waals surface area (Å²) in [7, 11) is 0. The second-order valence-corrected chi connectivity index (χ2v) is 6.07. The molecule has 138 valence electrons. The molecule has 1 amide bonds. The zero-order chi connectivity index (χ0) is 19.4. The number of alkyl halides is 3. The molecular weight excluding hydrogens is 353 g/mol. The molecule has 0 saturated heterocycles. The van der Waals surface area contributed by atoms with Crippen molar-refractivity contribution < 1.29 is 18.0 Å². The average molecular weight is 370 g/mol. The van der Waals surface area contributed by atoms with E-state index < -0.39 is 17.6 Å². The van der Waals surface area contributed by atoms with E-state index in [0.717, 1.165) is 23.4 Å². The van der Waals surface area contributed by atoms with Gasteiger partial charge in [-0.05, 0) is 49.4 Å². The van der Waals surface area contributed by atoms with Crippen molar-refractivity contribution in [2.45, 2.75) is 13.1 Å². The van der Waals surface area contributed by atoms with E-state index in [-0.39, 0.29) is 5.69 Å². The number of hydrogen-bond donors (Lipinski definition) is 2. The number of hydrogen-bond acceptors (Lipinski definition) is 2. The lowest BCUT2D eigenvalue weighted by Crippen LogP contribution is -2.14. The molecule has 0 fully saturated rings. The Morgan fingerprint density at radius 1 is 0.852 bits per heavy atom. The number of anilines is 3. The first-order chi connectivity index (χ1) is 12.8. The monoisotopic (exact) mass is 370 g/mol. The molecule has 0 aliphatic heterocycles. The summed E-state index contributed by atoms with van der Waals surface area (Å²) in [4.78, 5) is 12.6. The summed E-state index contributed by atoms with van der Waals surface area (Å²) in [6.07, 6.45) is -4.47. The lowest BCUT2D eigenvalue weighted by molar-refractivity contribution is -0.137. The number of nitrogens with one attached hydrogen (secondary N) is 2. The van der Waals surface area contributed by atoms with E-state index in [4.69, 9.17) is 0 Å². The lowest BCUT2D eigenvalue weighted by Gasteiger charge is -2.13. The Balaban J connectivity index is 1.82. The molecule has 0 aromatic heterocycles. The van der Waals surface area contributed by atoms with E-state index in [1.54, 1.807) is 24.3 Å². The summed E-state index contributed by atoms with van der Waals surface area (Å²) in [6.45, 7) is 1.97. The normalized spacial score (nSPS) is 11.1. The number of benzene rings is 3. The fraction of sp³-hybridized carbons (Fsp3) is 0.0952. The molecule has 0 aliphatic carbocycles. The van der Waals surface area contributed by atoms with Crippen molar-refractivity contribution in [3.63, 3.8) is 0 Å². The van der Waals surface area contributed by atoms with Gasteiger partial charge in [0, 0.05) is 11.4 Å². The second-order valence-electron chi connectivity index (χ2n) is 6.07. The minimum atomic E-state index is -4.47. The van der Waals surface area contributed by atoms with Gasteiger partial charge in [0.05, 0.1) is 16.8 Å². The topological polar surface area (TPSA) is 41.1 Å². The van der Waals surface area contributed by atoms with Crippen LogP contribution in [0.1, 0.15) is 21.5 Å². The third kappa shape index (κ3) is 4.67. The third-order valence-corrected chi connectivity index (χ3v) is 3.95. The van der Waals surface area contributed by atoms with Crippen LogP contribution in [0.25, 0.3) is 0 Å². The third-order valence-electron chi connectivity index (χ3n) is 3.95. The van der Waals surface area contributed by atoms with Crippen molar-refractivity contribution in [1.29, 1.82) is 0 Å². The highest BCUT2D eigenvalue weighted by Crippen LogP contribution is 2.31. The van der Waals surface area contributed by atoms with Crippen molar-refractivity contribution in [1.82, 2.24) is 0 Å². The summed E-state index contributed by atoms with van der Waals surface area (Å²) in [6, 6.07) is 19.0. The molecule has 3 rings (SSSR count). The Morgan fingerprint density at radius 2 is 1.56 bits per heavy atom. The zero-order valence-electron chi connectivity index (χ0n) is 14.5. The van der Waals surface area contributed by atoms with Crippen LogP contribution in [0.3, 0.4) is 0 Å². The number of carbonyl (C=O) groups excluding carboxylic acids is 1. The number of carbonyl (C=O) groups is 1. The second kappa shape index (κ2) is 7.53. The predicted octanol–water partition coefficient (Wildman–Crippen LogP) is 6.01. The van der Waals surface area contributed by atoms with E-state index in [1.807, 2.05) is 31.2 Å². The molecule has 0 spiro atoms. The zero-order valence-corrected chi connectivity index (χ0v) is 14.5. The van der Waals surface area contributed by atoms with Crippen molar-refractivity contribution in [3.8, 4) is 0 Å². The Kier molecular flexibility index (Phi) is 5.16. The van der Waals surface area contributed by atoms with Crippen molar-refractivity contribution in [2.24, 2.45) is 0 Å². The summed E-state index contributed by atoms with van der Waals surface area (Å²) < 4.78 is 38.5. The van der Waals surface area contributed by atoms with Gasteiger partial charge in [0.2, 0.25) is 0 Å². The molecule has 0 unspecified atom stereocenters. The molecule has 3 aromatic rings. The van der Waals surface area contributed by atoms with Gasteiger partial charge in [0.1, 0.15) is 0 Å². The number of amides is 1. The van der Waals surface area contributed by atoms with Crippen molar-refractivity contribution in [2.75, 3.05) is 10.6 Å². The molecule has 6 heteroatoms. The highest BCUT2D eigenvalue weighted by Gasteiger charge is 2.30. The maximum atomic E-state index is 12.8. The van der Waals surface area contributed by atoms with Gasteiger partial charge in [0.25, 0.3) is 5.91 Å². The van der Waals surface area contributed by atoms with Crippen LogP contribution in [-0.2, 0) is 6.18 Å². The van der Waals surface area contributed by atoms with Gasteiger partial charge >= 0.3 is 6.18 Å². The van der Waals surface area contributed by atoms with Crippen LogP contribution in [-0.4, -0.2) is 5.91 Å². The van der Waals surface area contributed by atoms with Gasteiger partial charge in [-0.25, -0.2) is 0 Å². The van der Waals surface area contributed by atoms with Crippen LogP contribution in [0.2, 0.25) is 0 Å². The van der Waals surface area contributed by atoms with Gasteiger partial charge in [-0.15, -0.1) is 0 Å². The Morgan fingerprint density at radius 3 is 2.26 bits per heavy atom. The number of aryl methyl sites for hydroxylation is 1. The summed E-state index contributed by atoms with van der Waals surface area (Å²) >= 11 is 0. The van der Waals surface area contributed by atoms with E-state index in [1.165, 1.54) is 12.1 Å². The quantitative estimate of drug-likeness (QED) is 0.590. The van der Waals surface area contributed by atoms with Gasteiger partial charge in [-0.1, -0.05) is 35.9 Å². The Bertz CT molecular complexity index is 950. The summed E-state index contributed by atoms with van der Waals surface area (Å²) in [5.74, 6) is -0.496. The molecule has 2 N–H and O–H groups in total. The number of para-hydroxylation sites is 1. The maximum Gasteiger partial charge on any atom is 0.416 e. The first-order valence-electron chi connectivity index (χ1n) is 8.24. The molecule has 3 nitrogen and oxygen atoms in total. The molecule has 0 bridgehead atoms. The minimum Gasteiger partial charge on any atom is -0.355 e. The van der Waals surface area contributed by atoms with Crippen LogP contribution >= 0.6 is 0 Å². The highest BCUT2D eigenvalue weighted by atomic mass is 19.4. The average Bonchev–Trinajstić information content (AvgIpc) is 2.63. The minimum absolute atomic E-state index is 0.0833. The van der Waals surface area contributed by atoms with Crippen LogP contribution in [0.4, 0.5) is 30.2 Å². The van der Waals surface area contributed by atoms with Crippen molar-refractivity contribution in [3.05, 3.63) is 89.5 Å². The summed E-state index contributed by atoms with van der Waals surface area (Å²) in [5.41, 5.74) is 2.07. The van der Waals surface area contributed by atoms with Crippen molar-refractivity contribution >= 4 is 23.0 Å². The first kappa shape index (κ1) is 18.5. The fourth-order valence-corrected chi connectivity index (χ4v) is 2.55. The van der Waals surface area contributed by atoms with Crippen LogP contribution in [0, 0.1) is 6.92 Å². The first-order valence-corrected chi connectivity index (χ1v) is 8.24. The SMILES string of the molecule is Cc1ccc(Nc2ccccc2C(=O)Nc2cccc(C(F)(F)F)c2)cc1. The smallest absolute Gasteiger partial charge is 0.355 e. The predicted molar refractivity (Wildman–Crippen MR) is 100 cm³/mol. The Hall–Kier alpha value is -3.28. The fourth-order valence-electron chi connectivity index (χ4n) is 2.55. The molecule has 0 atom stereocenters. The van der Waals surface area contributed by atoms with E-state index >= 15 is 0 Å². The van der Waals surface area contributed by atoms with Gasteiger partial charge in [-0.2, -0.15) is 13.2 Å². The van der Waals surface area contributed by atoms with E-state index in [9.17, 15) is 18.0 Å². The van der Waals surface area contributed by atoms with E-state index in [2.05, 4.69) is 10.6 Å². The molecule has 0 aliphatic rings. The van der Waals surface area contributed by atoms with Gasteiger partial charge in [0.15, 0.2) is 0 Å². The molecule has 0 radical (unpaired) electrons. The standard InChI is InChI=1S/C21H17F3N2O/c1-14-9-11-16(12-10-14)25-19-8-3-2-7-18(19)20(27)26-17-6-4-5-15(13-17)21(22,23)24/h2-13,25H,1H3,(H,26,27). The van der Waals surface area contributed by atoms with Gasteiger partial charge in [-0.3, -0.25) is 4.79 Å². The molecule has 27 heavy (non-hydrogen) atoms. The highest BCUT2D eigenvalue weighted by molar-refractivity contribution is 6.08. The maximum absolute atomic E-state index is 12.8. The molecular formula is C21H17F3N2O. The van der Waals surface area contributed by atoms with Crippen LogP contribution < -0.4 is 10.6 Å². The van der Waals surface area contributed by atoms with Crippen LogP contribution in [0.15, 0.2) is 72.8 Å². The van der Waals surface area contributed by atoms with E-state index in [0.29, 0.717) is 11.3 Å². The molecule has 0 heterocycles. The Labute approximate surface area is 154 Å². The lowest BCUT2D eigenvalue weighted by atomic mass is 10.1. The molecule has 0 saturated carbocycles. The number of rotatable bonds is 4. The summed E-state index contributed by atoms with van der Waals surface area (Å²) in [5, 5.41) is 5.69. The van der Waals surface area contributed by atoms with Gasteiger partial charge < -0.3 is 10.6 Å². The molecule has 3 aromatic carbocycles. The number of halogens is 3. The van der Waals surface area contributed by atoms with Crippen LogP contribution in [0.5, 0.6) is 0 Å². The largest absolute Gasteiger partial charge is 0.416 e.